The Kier molecular flexibility index (Phi) is 4.31. The topological polar surface area (TPSA) is 80.4 Å². The molecule has 1 aliphatic rings. The van der Waals surface area contributed by atoms with Crippen LogP contribution < -0.4 is 0 Å². The normalized spacial score (nSPS) is 30.8. The molecule has 1 saturated carbocycles. The fourth-order valence-corrected chi connectivity index (χ4v) is 3.02. The Balaban J connectivity index is 2.41. The molecule has 0 unspecified atom stereocenters. The molecule has 19 heavy (non-hydrogen) atoms. The first-order chi connectivity index (χ1) is 9.04. The minimum absolute atomic E-state index is 0.294. The number of nitro groups is 1. The fourth-order valence-electron chi connectivity index (χ4n) is 2.76. The lowest BCUT2D eigenvalue weighted by atomic mass is 9.72. The van der Waals surface area contributed by atoms with Gasteiger partial charge in [-0.05, 0) is 30.5 Å². The number of aliphatic hydroxyl groups excluding tert-OH is 1. The van der Waals surface area contributed by atoms with Crippen molar-refractivity contribution < 1.29 is 14.8 Å². The smallest absolute Gasteiger partial charge is 0.245 e. The van der Waals surface area contributed by atoms with Crippen LogP contribution in [0.2, 0.25) is 0 Å². The SMILES string of the molecule is O=C[C@@H]1CC[C@@H](O)[C@@H]([N+](=O)[O-])[C@@H]1c1ccc(Br)cc1. The van der Waals surface area contributed by atoms with Crippen molar-refractivity contribution >= 4 is 22.2 Å². The van der Waals surface area contributed by atoms with Gasteiger partial charge in [0.05, 0.1) is 5.92 Å². The minimum Gasteiger partial charge on any atom is -0.386 e. The van der Waals surface area contributed by atoms with Gasteiger partial charge in [-0.3, -0.25) is 10.1 Å². The van der Waals surface area contributed by atoms with Gasteiger partial charge in [0.1, 0.15) is 12.4 Å². The van der Waals surface area contributed by atoms with E-state index in [-0.39, 0.29) is 0 Å². The van der Waals surface area contributed by atoms with Crippen molar-refractivity contribution in [1.82, 2.24) is 0 Å². The molecule has 6 heteroatoms. The standard InChI is InChI=1S/C13H14BrNO4/c14-10-4-1-8(2-5-10)12-9(7-16)3-6-11(17)13(12)15(18)19/h1-2,4-5,7,9,11-13,17H,3,6H2/t9-,11+,12+,13+/m0/s1. The van der Waals surface area contributed by atoms with E-state index >= 15 is 0 Å². The minimum atomic E-state index is -1.12. The molecule has 0 heterocycles. The van der Waals surface area contributed by atoms with Crippen molar-refractivity contribution in [2.45, 2.75) is 30.9 Å². The second kappa shape index (κ2) is 5.79. The molecule has 4 atom stereocenters. The van der Waals surface area contributed by atoms with Gasteiger partial charge >= 0.3 is 0 Å². The number of benzene rings is 1. The highest BCUT2D eigenvalue weighted by Gasteiger charge is 2.47. The summed E-state index contributed by atoms with van der Waals surface area (Å²) >= 11 is 3.30. The summed E-state index contributed by atoms with van der Waals surface area (Å²) in [4.78, 5) is 21.9. The quantitative estimate of drug-likeness (QED) is 0.524. The molecule has 0 saturated heterocycles. The number of nitrogens with zero attached hydrogens (tertiary/aromatic N) is 1. The van der Waals surface area contributed by atoms with E-state index in [0.717, 1.165) is 16.3 Å². The van der Waals surface area contributed by atoms with Crippen LogP contribution in [-0.2, 0) is 4.79 Å². The molecule has 1 aromatic rings. The predicted octanol–water partition coefficient (Wildman–Crippen LogP) is 2.15. The van der Waals surface area contributed by atoms with Crippen molar-refractivity contribution in [3.8, 4) is 0 Å². The zero-order valence-electron chi connectivity index (χ0n) is 10.1. The number of aliphatic hydroxyl groups is 1. The number of carbonyl (C=O) groups excluding carboxylic acids is 1. The van der Waals surface area contributed by atoms with Crippen LogP contribution in [0, 0.1) is 16.0 Å². The molecular weight excluding hydrogens is 314 g/mol. The molecule has 1 fully saturated rings. The average Bonchev–Trinajstić information content (AvgIpc) is 2.39. The van der Waals surface area contributed by atoms with Crippen LogP contribution in [0.1, 0.15) is 24.3 Å². The van der Waals surface area contributed by atoms with Gasteiger partial charge in [-0.25, -0.2) is 0 Å². The monoisotopic (exact) mass is 327 g/mol. The highest BCUT2D eigenvalue weighted by molar-refractivity contribution is 9.10. The van der Waals surface area contributed by atoms with Gasteiger partial charge in [-0.1, -0.05) is 28.1 Å². The van der Waals surface area contributed by atoms with Gasteiger partial charge in [0.25, 0.3) is 0 Å². The van der Waals surface area contributed by atoms with Crippen molar-refractivity contribution in [3.05, 3.63) is 44.4 Å². The summed E-state index contributed by atoms with van der Waals surface area (Å²) in [5.41, 5.74) is 0.723. The summed E-state index contributed by atoms with van der Waals surface area (Å²) in [6.07, 6.45) is 0.548. The Morgan fingerprint density at radius 2 is 1.95 bits per heavy atom. The maximum Gasteiger partial charge on any atom is 0.245 e. The second-order valence-electron chi connectivity index (χ2n) is 4.80. The second-order valence-corrected chi connectivity index (χ2v) is 5.71. The predicted molar refractivity (Wildman–Crippen MR) is 72.5 cm³/mol. The molecule has 0 amide bonds. The van der Waals surface area contributed by atoms with E-state index in [1.165, 1.54) is 0 Å². The van der Waals surface area contributed by atoms with Crippen LogP contribution in [0.15, 0.2) is 28.7 Å². The molecule has 1 aromatic carbocycles. The van der Waals surface area contributed by atoms with Crippen molar-refractivity contribution in [2.24, 2.45) is 5.92 Å². The van der Waals surface area contributed by atoms with E-state index in [1.54, 1.807) is 24.3 Å². The summed E-state index contributed by atoms with van der Waals surface area (Å²) in [5, 5.41) is 21.1. The van der Waals surface area contributed by atoms with E-state index < -0.39 is 28.9 Å². The Morgan fingerprint density at radius 1 is 1.32 bits per heavy atom. The Morgan fingerprint density at radius 3 is 2.47 bits per heavy atom. The molecule has 0 aromatic heterocycles. The first-order valence-electron chi connectivity index (χ1n) is 6.07. The largest absolute Gasteiger partial charge is 0.386 e. The maximum atomic E-state index is 11.2. The molecule has 0 bridgehead atoms. The van der Waals surface area contributed by atoms with E-state index in [1.807, 2.05) is 0 Å². The number of hydrogen-bond acceptors (Lipinski definition) is 4. The molecule has 2 rings (SSSR count). The summed E-state index contributed by atoms with van der Waals surface area (Å²) in [6, 6.07) is 5.98. The van der Waals surface area contributed by atoms with Crippen LogP contribution in [0.5, 0.6) is 0 Å². The van der Waals surface area contributed by atoms with E-state index in [0.29, 0.717) is 12.8 Å². The third-order valence-electron chi connectivity index (χ3n) is 3.69. The highest BCUT2D eigenvalue weighted by Crippen LogP contribution is 2.38. The lowest BCUT2D eigenvalue weighted by molar-refractivity contribution is -0.542. The van der Waals surface area contributed by atoms with Crippen LogP contribution in [0.25, 0.3) is 0 Å². The zero-order chi connectivity index (χ0) is 14.0. The average molecular weight is 328 g/mol. The summed E-state index contributed by atoms with van der Waals surface area (Å²) in [6.45, 7) is 0. The molecule has 102 valence electrons. The third-order valence-corrected chi connectivity index (χ3v) is 4.22. The molecule has 1 aliphatic carbocycles. The van der Waals surface area contributed by atoms with Crippen LogP contribution >= 0.6 is 15.9 Å². The van der Waals surface area contributed by atoms with E-state index in [2.05, 4.69) is 15.9 Å². The third kappa shape index (κ3) is 2.84. The lowest BCUT2D eigenvalue weighted by Gasteiger charge is -2.33. The molecule has 0 aliphatic heterocycles. The van der Waals surface area contributed by atoms with Gasteiger partial charge < -0.3 is 9.90 Å². The lowest BCUT2D eigenvalue weighted by Crippen LogP contribution is -2.46. The first-order valence-corrected chi connectivity index (χ1v) is 6.86. The zero-order valence-corrected chi connectivity index (χ0v) is 11.7. The van der Waals surface area contributed by atoms with Gasteiger partial charge in [0.15, 0.2) is 0 Å². The van der Waals surface area contributed by atoms with Gasteiger partial charge in [0.2, 0.25) is 6.04 Å². The maximum absolute atomic E-state index is 11.2. The molecule has 0 spiro atoms. The van der Waals surface area contributed by atoms with Crippen LogP contribution in [-0.4, -0.2) is 28.5 Å². The van der Waals surface area contributed by atoms with Crippen LogP contribution in [0.4, 0.5) is 0 Å². The van der Waals surface area contributed by atoms with Crippen molar-refractivity contribution in [2.75, 3.05) is 0 Å². The van der Waals surface area contributed by atoms with Gasteiger partial charge in [-0.15, -0.1) is 0 Å². The Labute approximate surface area is 118 Å². The van der Waals surface area contributed by atoms with Gasteiger partial charge in [0, 0.05) is 15.3 Å². The highest BCUT2D eigenvalue weighted by atomic mass is 79.9. The number of carbonyl (C=O) groups is 1. The van der Waals surface area contributed by atoms with E-state index in [4.69, 9.17) is 0 Å². The number of aldehydes is 1. The Hall–Kier alpha value is -1.27. The summed E-state index contributed by atoms with van der Waals surface area (Å²) in [5.74, 6) is -0.982. The number of rotatable bonds is 3. The van der Waals surface area contributed by atoms with Crippen molar-refractivity contribution in [1.29, 1.82) is 0 Å². The molecule has 5 nitrogen and oxygen atoms in total. The van der Waals surface area contributed by atoms with E-state index in [9.17, 15) is 20.0 Å². The number of hydrogen-bond donors (Lipinski definition) is 1. The van der Waals surface area contributed by atoms with Gasteiger partial charge in [-0.2, -0.15) is 0 Å². The molecular formula is C13H14BrNO4. The number of halogens is 1. The fraction of sp³-hybridized carbons (Fsp3) is 0.462. The Bertz CT molecular complexity index is 476. The molecule has 0 radical (unpaired) electrons. The molecule has 1 N–H and O–H groups in total. The first kappa shape index (κ1) is 14.1. The van der Waals surface area contributed by atoms with Crippen molar-refractivity contribution in [3.63, 3.8) is 0 Å². The summed E-state index contributed by atoms with van der Waals surface area (Å²) < 4.78 is 0.868. The van der Waals surface area contributed by atoms with Crippen LogP contribution in [0.3, 0.4) is 0 Å². The summed E-state index contributed by atoms with van der Waals surface area (Å²) in [7, 11) is 0.